The van der Waals surface area contributed by atoms with Gasteiger partial charge in [-0.05, 0) is 36.2 Å². The molecule has 0 amide bonds. The second-order valence-electron chi connectivity index (χ2n) is 5.71. The van der Waals surface area contributed by atoms with E-state index in [1.807, 2.05) is 0 Å². The molecule has 0 atom stereocenters. The third kappa shape index (κ3) is 5.75. The second kappa shape index (κ2) is 8.94. The van der Waals surface area contributed by atoms with Crippen molar-refractivity contribution in [2.24, 2.45) is 0 Å². The summed E-state index contributed by atoms with van der Waals surface area (Å²) in [6.07, 6.45) is -0.0396. The number of nitro groups is 1. The molecule has 0 radical (unpaired) electrons. The smallest absolute Gasteiger partial charge is 0.303 e. The topological polar surface area (TPSA) is 118 Å². The molecule has 144 valence electrons. The number of carboxylic acid groups (broad SMARTS) is 1. The lowest BCUT2D eigenvalue weighted by molar-refractivity contribution is -0.384. The predicted molar refractivity (Wildman–Crippen MR) is 99.0 cm³/mol. The zero-order chi connectivity index (χ0) is 20.0. The van der Waals surface area contributed by atoms with Gasteiger partial charge in [-0.3, -0.25) is 14.9 Å². The van der Waals surface area contributed by atoms with Crippen LogP contribution in [0.5, 0.6) is 0 Å². The van der Waals surface area contributed by atoms with Gasteiger partial charge in [0, 0.05) is 36.7 Å². The summed E-state index contributed by atoms with van der Waals surface area (Å²) in [6.45, 7) is 0.0182. The van der Waals surface area contributed by atoms with Crippen molar-refractivity contribution < 1.29 is 23.2 Å². The Morgan fingerprint density at radius 3 is 2.22 bits per heavy atom. The standard InChI is InChI=1S/C17H17ClN2O6S/c18-14-5-3-13(4-6-14)12-19(11-1-2-17(21)22)27(25,26)16-9-7-15(8-10-16)20(23)24/h3-10H,1-2,11-12H2,(H,21,22). The van der Waals surface area contributed by atoms with Crippen molar-refractivity contribution in [2.75, 3.05) is 6.54 Å². The number of carboxylic acids is 1. The fourth-order valence-electron chi connectivity index (χ4n) is 2.37. The number of halogens is 1. The fraction of sp³-hybridized carbons (Fsp3) is 0.235. The quantitative estimate of drug-likeness (QED) is 0.498. The zero-order valence-corrected chi connectivity index (χ0v) is 15.7. The normalized spacial score (nSPS) is 11.5. The number of nitro benzene ring substituents is 1. The van der Waals surface area contributed by atoms with Gasteiger partial charge in [0.1, 0.15) is 0 Å². The van der Waals surface area contributed by atoms with Crippen LogP contribution in [0.3, 0.4) is 0 Å². The molecule has 0 fully saturated rings. The Hall–Kier alpha value is -2.49. The van der Waals surface area contributed by atoms with Crippen LogP contribution >= 0.6 is 11.6 Å². The molecule has 2 rings (SSSR count). The van der Waals surface area contributed by atoms with E-state index in [4.69, 9.17) is 16.7 Å². The van der Waals surface area contributed by atoms with Crippen molar-refractivity contribution >= 4 is 33.3 Å². The van der Waals surface area contributed by atoms with E-state index in [-0.39, 0.29) is 36.5 Å². The van der Waals surface area contributed by atoms with Crippen molar-refractivity contribution in [2.45, 2.75) is 24.3 Å². The first kappa shape index (κ1) is 20.8. The highest BCUT2D eigenvalue weighted by Gasteiger charge is 2.25. The molecule has 0 aliphatic rings. The molecule has 2 aromatic carbocycles. The Morgan fingerprint density at radius 1 is 1.11 bits per heavy atom. The molecule has 0 heterocycles. The largest absolute Gasteiger partial charge is 0.481 e. The molecular weight excluding hydrogens is 396 g/mol. The molecule has 27 heavy (non-hydrogen) atoms. The molecule has 0 bridgehead atoms. The van der Waals surface area contributed by atoms with E-state index in [0.29, 0.717) is 10.6 Å². The lowest BCUT2D eigenvalue weighted by Crippen LogP contribution is -2.32. The van der Waals surface area contributed by atoms with Gasteiger partial charge in [0.15, 0.2) is 0 Å². The van der Waals surface area contributed by atoms with E-state index in [1.165, 1.54) is 12.1 Å². The first-order valence-electron chi connectivity index (χ1n) is 7.91. The molecule has 2 aromatic rings. The van der Waals surface area contributed by atoms with Crippen LogP contribution in [0.2, 0.25) is 5.02 Å². The van der Waals surface area contributed by atoms with Gasteiger partial charge in [0.05, 0.1) is 9.82 Å². The Labute approximate surface area is 161 Å². The third-order valence-corrected chi connectivity index (χ3v) is 5.87. The number of carbonyl (C=O) groups is 1. The number of aliphatic carboxylic acids is 1. The van der Waals surface area contributed by atoms with Crippen LogP contribution in [0.4, 0.5) is 5.69 Å². The molecule has 0 aromatic heterocycles. The number of benzene rings is 2. The van der Waals surface area contributed by atoms with Crippen molar-refractivity contribution in [3.05, 3.63) is 69.2 Å². The summed E-state index contributed by atoms with van der Waals surface area (Å²) in [7, 11) is -3.96. The van der Waals surface area contributed by atoms with Crippen molar-refractivity contribution in [1.82, 2.24) is 4.31 Å². The lowest BCUT2D eigenvalue weighted by atomic mass is 10.2. The minimum atomic E-state index is -3.96. The number of nitrogens with zero attached hydrogens (tertiary/aromatic N) is 2. The fourth-order valence-corrected chi connectivity index (χ4v) is 3.97. The summed E-state index contributed by atoms with van der Waals surface area (Å²) in [4.78, 5) is 20.8. The van der Waals surface area contributed by atoms with Crippen LogP contribution < -0.4 is 0 Å². The monoisotopic (exact) mass is 412 g/mol. The highest BCUT2D eigenvalue weighted by atomic mass is 35.5. The van der Waals surface area contributed by atoms with Gasteiger partial charge in [-0.2, -0.15) is 4.31 Å². The molecule has 1 N–H and O–H groups in total. The van der Waals surface area contributed by atoms with Crippen LogP contribution in [-0.2, 0) is 21.4 Å². The van der Waals surface area contributed by atoms with Crippen LogP contribution in [-0.4, -0.2) is 35.3 Å². The number of rotatable bonds is 9. The van der Waals surface area contributed by atoms with Gasteiger partial charge in [0.25, 0.3) is 5.69 Å². The summed E-state index contributed by atoms with van der Waals surface area (Å²) < 4.78 is 27.0. The number of hydrogen-bond acceptors (Lipinski definition) is 5. The van der Waals surface area contributed by atoms with E-state index < -0.39 is 20.9 Å². The Morgan fingerprint density at radius 2 is 1.70 bits per heavy atom. The summed E-state index contributed by atoms with van der Waals surface area (Å²) in [5.41, 5.74) is 0.462. The van der Waals surface area contributed by atoms with Crippen LogP contribution in [0.1, 0.15) is 18.4 Å². The molecule has 0 aliphatic carbocycles. The lowest BCUT2D eigenvalue weighted by Gasteiger charge is -2.22. The van der Waals surface area contributed by atoms with Gasteiger partial charge in [-0.25, -0.2) is 8.42 Å². The van der Waals surface area contributed by atoms with Crippen LogP contribution in [0.15, 0.2) is 53.4 Å². The van der Waals surface area contributed by atoms with Crippen molar-refractivity contribution in [3.8, 4) is 0 Å². The number of non-ortho nitro benzene ring substituents is 1. The SMILES string of the molecule is O=C(O)CCCN(Cc1ccc(Cl)cc1)S(=O)(=O)c1ccc([N+](=O)[O-])cc1. The maximum absolute atomic E-state index is 12.9. The van der Waals surface area contributed by atoms with Gasteiger partial charge < -0.3 is 5.11 Å². The summed E-state index contributed by atoms with van der Waals surface area (Å²) in [6, 6.07) is 11.2. The molecule has 0 unspecified atom stereocenters. The van der Waals surface area contributed by atoms with Gasteiger partial charge >= 0.3 is 5.97 Å². The molecule has 0 saturated heterocycles. The van der Waals surface area contributed by atoms with E-state index in [0.717, 1.165) is 16.4 Å². The molecule has 0 saturated carbocycles. The van der Waals surface area contributed by atoms with Gasteiger partial charge in [-0.15, -0.1) is 0 Å². The minimum absolute atomic E-state index is 0.00571. The third-order valence-electron chi connectivity index (χ3n) is 3.76. The van der Waals surface area contributed by atoms with Gasteiger partial charge in [-0.1, -0.05) is 23.7 Å². The Kier molecular flexibility index (Phi) is 6.89. The number of sulfonamides is 1. The van der Waals surface area contributed by atoms with E-state index in [9.17, 15) is 23.3 Å². The molecule has 0 spiro atoms. The second-order valence-corrected chi connectivity index (χ2v) is 8.09. The van der Waals surface area contributed by atoms with E-state index in [1.54, 1.807) is 24.3 Å². The van der Waals surface area contributed by atoms with E-state index >= 15 is 0 Å². The van der Waals surface area contributed by atoms with Crippen molar-refractivity contribution in [3.63, 3.8) is 0 Å². The van der Waals surface area contributed by atoms with E-state index in [2.05, 4.69) is 0 Å². The van der Waals surface area contributed by atoms with Gasteiger partial charge in [0.2, 0.25) is 10.0 Å². The maximum Gasteiger partial charge on any atom is 0.303 e. The highest BCUT2D eigenvalue weighted by Crippen LogP contribution is 2.22. The highest BCUT2D eigenvalue weighted by molar-refractivity contribution is 7.89. The van der Waals surface area contributed by atoms with Crippen LogP contribution in [0.25, 0.3) is 0 Å². The maximum atomic E-state index is 12.9. The number of hydrogen-bond donors (Lipinski definition) is 1. The predicted octanol–water partition coefficient (Wildman–Crippen LogP) is 3.30. The first-order valence-corrected chi connectivity index (χ1v) is 9.73. The Balaban J connectivity index is 2.29. The summed E-state index contributed by atoms with van der Waals surface area (Å²) in [5, 5.41) is 20.1. The average Bonchev–Trinajstić information content (AvgIpc) is 2.62. The average molecular weight is 413 g/mol. The first-order chi connectivity index (χ1) is 12.7. The molecule has 0 aliphatic heterocycles. The van der Waals surface area contributed by atoms with Crippen LogP contribution in [0, 0.1) is 10.1 Å². The minimum Gasteiger partial charge on any atom is -0.481 e. The zero-order valence-electron chi connectivity index (χ0n) is 14.1. The summed E-state index contributed by atoms with van der Waals surface area (Å²) >= 11 is 5.84. The molecular formula is C17H17ClN2O6S. The Bertz CT molecular complexity index is 913. The molecule has 8 nitrogen and oxygen atoms in total. The molecule has 10 heteroatoms. The summed E-state index contributed by atoms with van der Waals surface area (Å²) in [5.74, 6) is -1.02. The van der Waals surface area contributed by atoms with Crippen molar-refractivity contribution in [1.29, 1.82) is 0 Å².